The molecule has 0 bridgehead atoms. The van der Waals surface area contributed by atoms with Gasteiger partial charge in [-0.15, -0.1) is 0 Å². The summed E-state index contributed by atoms with van der Waals surface area (Å²) in [5.74, 6) is -0.284. The summed E-state index contributed by atoms with van der Waals surface area (Å²) in [7, 11) is -2.11. The van der Waals surface area contributed by atoms with Crippen LogP contribution in [0.4, 0.5) is 4.39 Å². The maximum absolute atomic E-state index is 13.5. The Hall–Kier alpha value is -0.980. The molecule has 19 heavy (non-hydrogen) atoms. The third-order valence-corrected chi connectivity index (χ3v) is 5.21. The lowest BCUT2D eigenvalue weighted by molar-refractivity contribution is 0.182. The molecule has 1 saturated heterocycles. The van der Waals surface area contributed by atoms with Crippen molar-refractivity contribution < 1.29 is 17.5 Å². The van der Waals surface area contributed by atoms with E-state index in [4.69, 9.17) is 4.74 Å². The van der Waals surface area contributed by atoms with Crippen LogP contribution in [0.15, 0.2) is 23.1 Å². The Balaban J connectivity index is 2.18. The first-order valence-electron chi connectivity index (χ1n) is 6.21. The molecule has 0 N–H and O–H groups in total. The number of aryl methyl sites for hydroxylation is 1. The monoisotopic (exact) mass is 287 g/mol. The highest BCUT2D eigenvalue weighted by Crippen LogP contribution is 2.21. The average molecular weight is 287 g/mol. The third-order valence-electron chi connectivity index (χ3n) is 3.39. The summed E-state index contributed by atoms with van der Waals surface area (Å²) < 4.78 is 44.6. The number of benzene rings is 1. The molecular formula is C13H18FNO3S. The SMILES string of the molecule is Cc1ccc(S(=O)(=O)N(C)C[C@H]2CCOC2)cc1F. The molecule has 1 aliphatic rings. The first-order valence-corrected chi connectivity index (χ1v) is 7.65. The second kappa shape index (κ2) is 5.56. The highest BCUT2D eigenvalue weighted by molar-refractivity contribution is 7.89. The molecule has 1 atom stereocenters. The summed E-state index contributed by atoms with van der Waals surface area (Å²) in [6.45, 7) is 3.27. The van der Waals surface area contributed by atoms with Crippen LogP contribution in [0.25, 0.3) is 0 Å². The molecule has 0 aliphatic carbocycles. The van der Waals surface area contributed by atoms with E-state index in [1.807, 2.05) is 0 Å². The second-order valence-corrected chi connectivity index (χ2v) is 6.97. The van der Waals surface area contributed by atoms with E-state index < -0.39 is 15.8 Å². The lowest BCUT2D eigenvalue weighted by atomic mass is 10.1. The quantitative estimate of drug-likeness (QED) is 0.848. The van der Waals surface area contributed by atoms with Gasteiger partial charge in [0, 0.05) is 20.2 Å². The van der Waals surface area contributed by atoms with Crippen LogP contribution >= 0.6 is 0 Å². The Morgan fingerprint density at radius 3 is 2.79 bits per heavy atom. The van der Waals surface area contributed by atoms with Gasteiger partial charge in [0.2, 0.25) is 10.0 Å². The van der Waals surface area contributed by atoms with Gasteiger partial charge in [-0.2, -0.15) is 0 Å². The van der Waals surface area contributed by atoms with Gasteiger partial charge < -0.3 is 4.74 Å². The van der Waals surface area contributed by atoms with Crippen LogP contribution in [0.5, 0.6) is 0 Å². The van der Waals surface area contributed by atoms with Gasteiger partial charge in [-0.05, 0) is 37.0 Å². The topological polar surface area (TPSA) is 46.6 Å². The fourth-order valence-corrected chi connectivity index (χ4v) is 3.36. The largest absolute Gasteiger partial charge is 0.381 e. The van der Waals surface area contributed by atoms with Crippen molar-refractivity contribution in [2.75, 3.05) is 26.8 Å². The molecule has 0 saturated carbocycles. The molecule has 1 fully saturated rings. The molecule has 0 radical (unpaired) electrons. The van der Waals surface area contributed by atoms with Gasteiger partial charge in [0.1, 0.15) is 5.82 Å². The van der Waals surface area contributed by atoms with E-state index in [-0.39, 0.29) is 10.8 Å². The molecule has 6 heteroatoms. The zero-order chi connectivity index (χ0) is 14.0. The van der Waals surface area contributed by atoms with Gasteiger partial charge in [-0.3, -0.25) is 0 Å². The van der Waals surface area contributed by atoms with E-state index in [2.05, 4.69) is 0 Å². The summed E-state index contributed by atoms with van der Waals surface area (Å²) in [6, 6.07) is 4.00. The van der Waals surface area contributed by atoms with Crippen LogP contribution in [0.1, 0.15) is 12.0 Å². The third kappa shape index (κ3) is 3.13. The molecule has 1 aromatic rings. The van der Waals surface area contributed by atoms with E-state index in [1.165, 1.54) is 23.5 Å². The highest BCUT2D eigenvalue weighted by atomic mass is 32.2. The van der Waals surface area contributed by atoms with Crippen molar-refractivity contribution in [3.8, 4) is 0 Å². The van der Waals surface area contributed by atoms with E-state index in [0.717, 1.165) is 12.5 Å². The molecule has 1 aliphatic heterocycles. The van der Waals surface area contributed by atoms with Crippen molar-refractivity contribution in [1.82, 2.24) is 4.31 Å². The molecule has 0 unspecified atom stereocenters. The Morgan fingerprint density at radius 1 is 1.47 bits per heavy atom. The Kier molecular flexibility index (Phi) is 4.23. The van der Waals surface area contributed by atoms with Gasteiger partial charge in [-0.25, -0.2) is 17.1 Å². The van der Waals surface area contributed by atoms with E-state index >= 15 is 0 Å². The number of halogens is 1. The first kappa shape index (κ1) is 14.4. The Bertz CT molecular complexity index is 553. The summed E-state index contributed by atoms with van der Waals surface area (Å²) in [5, 5.41) is 0. The number of hydrogen-bond acceptors (Lipinski definition) is 3. The maximum Gasteiger partial charge on any atom is 0.242 e. The van der Waals surface area contributed by atoms with Gasteiger partial charge in [-0.1, -0.05) is 6.07 Å². The van der Waals surface area contributed by atoms with Crippen LogP contribution < -0.4 is 0 Å². The maximum atomic E-state index is 13.5. The van der Waals surface area contributed by atoms with Gasteiger partial charge in [0.25, 0.3) is 0 Å². The number of sulfonamides is 1. The Labute approximate surface area is 113 Å². The molecule has 1 aromatic carbocycles. The van der Waals surface area contributed by atoms with E-state index in [9.17, 15) is 12.8 Å². The van der Waals surface area contributed by atoms with E-state index in [0.29, 0.717) is 25.3 Å². The zero-order valence-corrected chi connectivity index (χ0v) is 11.9. The lowest BCUT2D eigenvalue weighted by Gasteiger charge is -2.20. The minimum Gasteiger partial charge on any atom is -0.381 e. The van der Waals surface area contributed by atoms with Crippen LogP contribution in [-0.2, 0) is 14.8 Å². The Morgan fingerprint density at radius 2 is 2.21 bits per heavy atom. The van der Waals surface area contributed by atoms with Gasteiger partial charge >= 0.3 is 0 Å². The van der Waals surface area contributed by atoms with E-state index in [1.54, 1.807) is 6.92 Å². The summed E-state index contributed by atoms with van der Waals surface area (Å²) in [4.78, 5) is -0.00276. The molecule has 1 heterocycles. The molecule has 106 valence electrons. The summed E-state index contributed by atoms with van der Waals surface area (Å²) in [5.41, 5.74) is 0.436. The van der Waals surface area contributed by atoms with Crippen LogP contribution in [0.3, 0.4) is 0 Å². The van der Waals surface area contributed by atoms with Crippen LogP contribution in [-0.4, -0.2) is 39.5 Å². The number of nitrogens with zero attached hydrogens (tertiary/aromatic N) is 1. The number of rotatable bonds is 4. The normalized spacial score (nSPS) is 20.1. The standard InChI is InChI=1S/C13H18FNO3S/c1-10-3-4-12(7-13(10)14)19(16,17)15(2)8-11-5-6-18-9-11/h3-4,7,11H,5-6,8-9H2,1-2H3/t11-/m1/s1. The molecule has 0 spiro atoms. The summed E-state index contributed by atoms with van der Waals surface area (Å²) >= 11 is 0. The molecule has 0 aromatic heterocycles. The minimum absolute atomic E-state index is 0.00276. The first-order chi connectivity index (χ1) is 8.91. The molecule has 4 nitrogen and oxygen atoms in total. The number of ether oxygens (including phenoxy) is 1. The average Bonchev–Trinajstić information content (AvgIpc) is 2.85. The van der Waals surface area contributed by atoms with Crippen molar-refractivity contribution >= 4 is 10.0 Å². The lowest BCUT2D eigenvalue weighted by Crippen LogP contribution is -2.32. The smallest absolute Gasteiger partial charge is 0.242 e. The summed E-state index contributed by atoms with van der Waals surface area (Å²) in [6.07, 6.45) is 0.863. The predicted molar refractivity (Wildman–Crippen MR) is 69.9 cm³/mol. The fourth-order valence-electron chi connectivity index (χ4n) is 2.10. The van der Waals surface area contributed by atoms with Crippen molar-refractivity contribution in [3.63, 3.8) is 0 Å². The molecular weight excluding hydrogens is 269 g/mol. The van der Waals surface area contributed by atoms with Gasteiger partial charge in [0.05, 0.1) is 11.5 Å². The van der Waals surface area contributed by atoms with Crippen molar-refractivity contribution in [3.05, 3.63) is 29.6 Å². The van der Waals surface area contributed by atoms with Crippen molar-refractivity contribution in [2.45, 2.75) is 18.2 Å². The van der Waals surface area contributed by atoms with Crippen LogP contribution in [0.2, 0.25) is 0 Å². The molecule has 0 amide bonds. The minimum atomic E-state index is -3.63. The molecule has 2 rings (SSSR count). The fraction of sp³-hybridized carbons (Fsp3) is 0.538. The number of hydrogen-bond donors (Lipinski definition) is 0. The second-order valence-electron chi connectivity index (χ2n) is 4.93. The van der Waals surface area contributed by atoms with Crippen LogP contribution in [0, 0.1) is 18.7 Å². The van der Waals surface area contributed by atoms with Gasteiger partial charge in [0.15, 0.2) is 0 Å². The zero-order valence-electron chi connectivity index (χ0n) is 11.1. The van der Waals surface area contributed by atoms with Crippen molar-refractivity contribution in [1.29, 1.82) is 0 Å². The predicted octanol–water partition coefficient (Wildman–Crippen LogP) is 1.79. The van der Waals surface area contributed by atoms with Crippen molar-refractivity contribution in [2.24, 2.45) is 5.92 Å². The highest BCUT2D eigenvalue weighted by Gasteiger charge is 2.26.